The second-order valence-electron chi connectivity index (χ2n) is 16.0. The molecule has 0 saturated heterocycles. The van der Waals surface area contributed by atoms with Crippen molar-refractivity contribution >= 4 is 17.7 Å². The van der Waals surface area contributed by atoms with Crippen LogP contribution in [0.25, 0.3) is 0 Å². The first-order valence-electron chi connectivity index (χ1n) is 19.1. The van der Waals surface area contributed by atoms with E-state index in [9.17, 15) is 14.4 Å². The van der Waals surface area contributed by atoms with Crippen molar-refractivity contribution in [1.29, 1.82) is 0 Å². The molecule has 1 aromatic carbocycles. The van der Waals surface area contributed by atoms with Gasteiger partial charge in [0.1, 0.15) is 0 Å². The minimum absolute atomic E-state index is 0.134. The van der Waals surface area contributed by atoms with E-state index in [1.165, 1.54) is 96.3 Å². The lowest BCUT2D eigenvalue weighted by Gasteiger charge is -2.42. The number of hydrogen-bond acceptors (Lipinski definition) is 3. The first kappa shape index (κ1) is 31.2. The van der Waals surface area contributed by atoms with E-state index >= 15 is 0 Å². The molecule has 3 amide bonds. The van der Waals surface area contributed by atoms with Crippen LogP contribution in [-0.4, -0.2) is 35.8 Å². The van der Waals surface area contributed by atoms with Crippen molar-refractivity contribution in [2.45, 2.75) is 153 Å². The van der Waals surface area contributed by atoms with E-state index in [-0.39, 0.29) is 35.8 Å². The zero-order chi connectivity index (χ0) is 30.8. The average molecular weight is 616 g/mol. The predicted octanol–water partition coefficient (Wildman–Crippen LogP) is 7.95. The van der Waals surface area contributed by atoms with E-state index in [1.807, 2.05) is 0 Å². The summed E-state index contributed by atoms with van der Waals surface area (Å²) < 4.78 is 0. The number of carbonyl (C=O) groups excluding carboxylic acids is 3. The lowest BCUT2D eigenvalue weighted by Crippen LogP contribution is -2.47. The molecule has 0 radical (unpaired) electrons. The molecule has 1 aromatic rings. The SMILES string of the molecule is O=C(NC1CCCC2CCCCC21)c1cc(C(=O)NC2CCCC3CCCCC32)cc(C(=O)NC2CCCC3CCCCC32)c1. The normalized spacial score (nSPS) is 36.4. The maximum Gasteiger partial charge on any atom is 0.251 e. The van der Waals surface area contributed by atoms with Gasteiger partial charge in [0.25, 0.3) is 17.7 Å². The third kappa shape index (κ3) is 7.00. The topological polar surface area (TPSA) is 87.3 Å². The van der Waals surface area contributed by atoms with E-state index < -0.39 is 0 Å². The van der Waals surface area contributed by atoms with Crippen LogP contribution >= 0.6 is 0 Å². The quantitative estimate of drug-likeness (QED) is 0.304. The first-order chi connectivity index (χ1) is 22.0. The predicted molar refractivity (Wildman–Crippen MR) is 178 cm³/mol. The highest BCUT2D eigenvalue weighted by Gasteiger charge is 2.38. The molecule has 0 heterocycles. The number of carbonyl (C=O) groups is 3. The molecule has 0 spiro atoms. The highest BCUT2D eigenvalue weighted by molar-refractivity contribution is 6.04. The summed E-state index contributed by atoms with van der Waals surface area (Å²) in [5.41, 5.74) is 1.34. The van der Waals surface area contributed by atoms with E-state index in [0.717, 1.165) is 56.3 Å². The van der Waals surface area contributed by atoms with E-state index in [2.05, 4.69) is 16.0 Å². The molecule has 6 aliphatic carbocycles. The van der Waals surface area contributed by atoms with Crippen LogP contribution in [0.15, 0.2) is 18.2 Å². The van der Waals surface area contributed by atoms with Gasteiger partial charge in [-0.1, -0.05) is 96.3 Å². The highest BCUT2D eigenvalue weighted by atomic mass is 16.2. The van der Waals surface area contributed by atoms with Crippen LogP contribution in [0.2, 0.25) is 0 Å². The third-order valence-electron chi connectivity index (χ3n) is 13.4. The highest BCUT2D eigenvalue weighted by Crippen LogP contribution is 2.43. The van der Waals surface area contributed by atoms with Gasteiger partial charge in [-0.05, 0) is 92.2 Å². The molecule has 0 bridgehead atoms. The Morgan fingerprint density at radius 2 is 0.644 bits per heavy atom. The van der Waals surface area contributed by atoms with Crippen molar-refractivity contribution in [2.24, 2.45) is 35.5 Å². The van der Waals surface area contributed by atoms with E-state index in [0.29, 0.717) is 34.4 Å². The second kappa shape index (κ2) is 14.2. The summed E-state index contributed by atoms with van der Waals surface area (Å²) in [5.74, 6) is 3.40. The molecule has 6 aliphatic rings. The molecule has 6 saturated carbocycles. The molecule has 45 heavy (non-hydrogen) atoms. The minimum Gasteiger partial charge on any atom is -0.349 e. The molecule has 3 N–H and O–H groups in total. The van der Waals surface area contributed by atoms with Crippen molar-refractivity contribution in [1.82, 2.24) is 16.0 Å². The van der Waals surface area contributed by atoms with Crippen molar-refractivity contribution in [3.63, 3.8) is 0 Å². The fraction of sp³-hybridized carbons (Fsp3) is 0.769. The number of benzene rings is 1. The molecule has 9 atom stereocenters. The van der Waals surface area contributed by atoms with Crippen LogP contribution in [0.3, 0.4) is 0 Å². The largest absolute Gasteiger partial charge is 0.349 e. The lowest BCUT2D eigenvalue weighted by molar-refractivity contribution is 0.0823. The Morgan fingerprint density at radius 1 is 0.378 bits per heavy atom. The summed E-state index contributed by atoms with van der Waals surface area (Å²) in [6, 6.07) is 5.80. The fourth-order valence-electron chi connectivity index (χ4n) is 11.1. The second-order valence-corrected chi connectivity index (χ2v) is 16.0. The van der Waals surface area contributed by atoms with Crippen LogP contribution < -0.4 is 16.0 Å². The van der Waals surface area contributed by atoms with Crippen molar-refractivity contribution in [2.75, 3.05) is 0 Å². The minimum atomic E-state index is -0.134. The molecule has 6 nitrogen and oxygen atoms in total. The lowest BCUT2D eigenvalue weighted by atomic mass is 9.68. The number of hydrogen-bond donors (Lipinski definition) is 3. The summed E-state index contributed by atoms with van der Waals surface area (Å²) in [5, 5.41) is 10.2. The Kier molecular flexibility index (Phi) is 9.84. The monoisotopic (exact) mass is 615 g/mol. The van der Waals surface area contributed by atoms with Gasteiger partial charge in [0.05, 0.1) is 0 Å². The maximum atomic E-state index is 13.9. The molecule has 0 aliphatic heterocycles. The van der Waals surface area contributed by atoms with Crippen LogP contribution in [0.5, 0.6) is 0 Å². The summed E-state index contributed by atoms with van der Waals surface area (Å²) >= 11 is 0. The van der Waals surface area contributed by atoms with Gasteiger partial charge in [-0.25, -0.2) is 0 Å². The molecular weight excluding hydrogens is 558 g/mol. The van der Waals surface area contributed by atoms with Crippen LogP contribution in [0, 0.1) is 35.5 Å². The van der Waals surface area contributed by atoms with Gasteiger partial charge >= 0.3 is 0 Å². The molecule has 7 rings (SSSR count). The zero-order valence-corrected chi connectivity index (χ0v) is 27.5. The Morgan fingerprint density at radius 3 is 0.956 bits per heavy atom. The van der Waals surface area contributed by atoms with Gasteiger partial charge in [-0.3, -0.25) is 14.4 Å². The zero-order valence-electron chi connectivity index (χ0n) is 27.5. The molecule has 0 aromatic heterocycles. The standard InChI is InChI=1S/C39H57N3O3/c43-37(40-34-19-7-13-25-10-1-4-16-31(25)34)28-22-29(38(44)41-35-20-8-14-26-11-2-5-17-32(26)35)24-30(23-28)39(45)42-36-21-9-15-27-12-3-6-18-33(27)36/h22-27,31-36H,1-21H2,(H,40,43)(H,41,44)(H,42,45). The van der Waals surface area contributed by atoms with Crippen LogP contribution in [-0.2, 0) is 0 Å². The Hall–Kier alpha value is -2.37. The number of amides is 3. The van der Waals surface area contributed by atoms with Crippen LogP contribution in [0.1, 0.15) is 166 Å². The Labute approximate surface area is 271 Å². The smallest absolute Gasteiger partial charge is 0.251 e. The Balaban J connectivity index is 1.12. The number of fused-ring (bicyclic) bond motifs is 3. The molecule has 6 fully saturated rings. The number of nitrogens with one attached hydrogen (secondary N) is 3. The summed E-state index contributed by atoms with van der Waals surface area (Å²) in [4.78, 5) is 41.8. The van der Waals surface area contributed by atoms with Gasteiger partial charge in [0, 0.05) is 34.8 Å². The summed E-state index contributed by atoms with van der Waals surface area (Å²) in [6.45, 7) is 0. The van der Waals surface area contributed by atoms with E-state index in [4.69, 9.17) is 0 Å². The fourth-order valence-corrected chi connectivity index (χ4v) is 11.1. The van der Waals surface area contributed by atoms with Gasteiger partial charge < -0.3 is 16.0 Å². The third-order valence-corrected chi connectivity index (χ3v) is 13.4. The van der Waals surface area contributed by atoms with Crippen molar-refractivity contribution in [3.8, 4) is 0 Å². The summed E-state index contributed by atoms with van der Waals surface area (Å²) in [6.07, 6.45) is 25.5. The van der Waals surface area contributed by atoms with Gasteiger partial charge in [-0.15, -0.1) is 0 Å². The molecule has 246 valence electrons. The van der Waals surface area contributed by atoms with Gasteiger partial charge in [0.15, 0.2) is 0 Å². The van der Waals surface area contributed by atoms with E-state index in [1.54, 1.807) is 18.2 Å². The van der Waals surface area contributed by atoms with Crippen molar-refractivity contribution < 1.29 is 14.4 Å². The van der Waals surface area contributed by atoms with Gasteiger partial charge in [0.2, 0.25) is 0 Å². The number of rotatable bonds is 6. The molecule has 9 unspecified atom stereocenters. The van der Waals surface area contributed by atoms with Crippen molar-refractivity contribution in [3.05, 3.63) is 34.9 Å². The van der Waals surface area contributed by atoms with Gasteiger partial charge in [-0.2, -0.15) is 0 Å². The Bertz CT molecular complexity index is 1060. The average Bonchev–Trinajstić information content (AvgIpc) is 3.08. The summed E-state index contributed by atoms with van der Waals surface area (Å²) in [7, 11) is 0. The molecular formula is C39H57N3O3. The maximum absolute atomic E-state index is 13.9. The first-order valence-corrected chi connectivity index (χ1v) is 19.1. The van der Waals surface area contributed by atoms with Crippen LogP contribution in [0.4, 0.5) is 0 Å². The molecule has 6 heteroatoms.